The number of nitrogens with zero attached hydrogens (tertiary/aromatic N) is 1. The first-order valence-corrected chi connectivity index (χ1v) is 6.49. The number of H-pyrrole nitrogens is 1. The van der Waals surface area contributed by atoms with E-state index in [1.165, 1.54) is 11.2 Å². The topological polar surface area (TPSA) is 66.0 Å². The Bertz CT molecular complexity index is 546. The third-order valence-corrected chi connectivity index (χ3v) is 3.37. The molecule has 0 spiro atoms. The van der Waals surface area contributed by atoms with Gasteiger partial charge in [0.15, 0.2) is 5.69 Å². The van der Waals surface area contributed by atoms with E-state index in [2.05, 4.69) is 23.8 Å². The highest BCUT2D eigenvalue weighted by molar-refractivity contribution is 7.99. The molecule has 1 aromatic carbocycles. The van der Waals surface area contributed by atoms with Crippen LogP contribution in [-0.2, 0) is 0 Å². The number of rotatable bonds is 4. The van der Waals surface area contributed by atoms with Crippen molar-refractivity contribution in [2.45, 2.75) is 24.0 Å². The van der Waals surface area contributed by atoms with Crippen molar-refractivity contribution in [1.29, 1.82) is 0 Å². The first kappa shape index (κ1) is 12.7. The minimum atomic E-state index is -0.997. The van der Waals surface area contributed by atoms with Crippen molar-refractivity contribution < 1.29 is 9.90 Å². The number of carboxylic acid groups (broad SMARTS) is 1. The normalized spacial score (nSPS) is 10.8. The minimum absolute atomic E-state index is 0.124. The zero-order chi connectivity index (χ0) is 13.1. The molecule has 0 saturated carbocycles. The van der Waals surface area contributed by atoms with Crippen LogP contribution in [-0.4, -0.2) is 26.3 Å². The summed E-state index contributed by atoms with van der Waals surface area (Å²) in [6, 6.07) is 7.77. The van der Waals surface area contributed by atoms with E-state index in [4.69, 9.17) is 5.11 Å². The lowest BCUT2D eigenvalue weighted by molar-refractivity contribution is 0.0692. The van der Waals surface area contributed by atoms with Gasteiger partial charge in [0.1, 0.15) is 5.69 Å². The van der Waals surface area contributed by atoms with Gasteiger partial charge in [-0.15, -0.1) is 11.8 Å². The number of benzene rings is 1. The van der Waals surface area contributed by atoms with Gasteiger partial charge in [-0.3, -0.25) is 0 Å². The van der Waals surface area contributed by atoms with Crippen LogP contribution >= 0.6 is 11.8 Å². The highest BCUT2D eigenvalue weighted by Gasteiger charge is 2.14. The van der Waals surface area contributed by atoms with Crippen LogP contribution in [0.15, 0.2) is 35.5 Å². The predicted octanol–water partition coefficient (Wildman–Crippen LogP) is 3.28. The number of carboxylic acids is 1. The van der Waals surface area contributed by atoms with Crippen molar-refractivity contribution in [3.63, 3.8) is 0 Å². The Morgan fingerprint density at radius 3 is 2.56 bits per heavy atom. The fraction of sp³-hybridized carbons (Fsp3) is 0.231. The molecule has 0 unspecified atom stereocenters. The maximum absolute atomic E-state index is 11.0. The Morgan fingerprint density at radius 2 is 2.00 bits per heavy atom. The molecule has 0 aliphatic carbocycles. The molecule has 0 saturated heterocycles. The average molecular weight is 262 g/mol. The summed E-state index contributed by atoms with van der Waals surface area (Å²) in [5.74, 6) is -0.997. The standard InChI is InChI=1S/C13H14N2O2S/c1-8(2)18-10-5-3-9(4-6-10)11-12(13(16)17)15-7-14-11/h3-8H,1-2H3,(H,14,15)(H,16,17). The average Bonchev–Trinajstić information content (AvgIpc) is 2.78. The van der Waals surface area contributed by atoms with E-state index in [0.717, 1.165) is 5.56 Å². The maximum atomic E-state index is 11.0. The van der Waals surface area contributed by atoms with Crippen LogP contribution < -0.4 is 0 Å². The molecule has 0 amide bonds. The fourth-order valence-electron chi connectivity index (χ4n) is 1.64. The van der Waals surface area contributed by atoms with E-state index in [1.807, 2.05) is 24.3 Å². The second-order valence-electron chi connectivity index (χ2n) is 4.12. The molecule has 4 nitrogen and oxygen atoms in total. The highest BCUT2D eigenvalue weighted by Crippen LogP contribution is 2.26. The Balaban J connectivity index is 2.29. The van der Waals surface area contributed by atoms with Crippen molar-refractivity contribution in [2.24, 2.45) is 0 Å². The molecule has 1 aromatic heterocycles. The molecule has 0 aliphatic heterocycles. The molecule has 0 atom stereocenters. The first-order valence-electron chi connectivity index (χ1n) is 5.61. The lowest BCUT2D eigenvalue weighted by atomic mass is 10.1. The van der Waals surface area contributed by atoms with E-state index in [0.29, 0.717) is 10.9 Å². The summed E-state index contributed by atoms with van der Waals surface area (Å²) in [7, 11) is 0. The Labute approximate surface area is 109 Å². The van der Waals surface area contributed by atoms with Gasteiger partial charge in [-0.2, -0.15) is 0 Å². The van der Waals surface area contributed by atoms with E-state index >= 15 is 0 Å². The zero-order valence-electron chi connectivity index (χ0n) is 10.2. The molecule has 2 N–H and O–H groups in total. The monoisotopic (exact) mass is 262 g/mol. The second kappa shape index (κ2) is 5.27. The van der Waals surface area contributed by atoms with Crippen LogP contribution in [0, 0.1) is 0 Å². The van der Waals surface area contributed by atoms with Crippen LogP contribution in [0.3, 0.4) is 0 Å². The van der Waals surface area contributed by atoms with Crippen LogP contribution in [0.5, 0.6) is 0 Å². The van der Waals surface area contributed by atoms with Crippen LogP contribution in [0.25, 0.3) is 11.3 Å². The van der Waals surface area contributed by atoms with Crippen LogP contribution in [0.4, 0.5) is 0 Å². The summed E-state index contributed by atoms with van der Waals surface area (Å²) >= 11 is 1.77. The van der Waals surface area contributed by atoms with Gasteiger partial charge in [0.05, 0.1) is 6.33 Å². The quantitative estimate of drug-likeness (QED) is 0.830. The second-order valence-corrected chi connectivity index (χ2v) is 5.77. The number of aromatic carboxylic acids is 1. The van der Waals surface area contributed by atoms with Crippen molar-refractivity contribution in [3.05, 3.63) is 36.3 Å². The third-order valence-electron chi connectivity index (χ3n) is 2.35. The molecule has 1 heterocycles. The van der Waals surface area contributed by atoms with Crippen LogP contribution in [0.1, 0.15) is 24.3 Å². The molecular weight excluding hydrogens is 248 g/mol. The van der Waals surface area contributed by atoms with Crippen molar-refractivity contribution in [2.75, 3.05) is 0 Å². The van der Waals surface area contributed by atoms with Crippen LogP contribution in [0.2, 0.25) is 0 Å². The molecule has 0 bridgehead atoms. The SMILES string of the molecule is CC(C)Sc1ccc(-c2nc[nH]c2C(=O)O)cc1. The number of aromatic nitrogens is 2. The first-order chi connectivity index (χ1) is 8.58. The number of thioether (sulfide) groups is 1. The Kier molecular flexibility index (Phi) is 3.72. The van der Waals surface area contributed by atoms with Crippen molar-refractivity contribution in [3.8, 4) is 11.3 Å². The zero-order valence-corrected chi connectivity index (χ0v) is 11.0. The van der Waals surface area contributed by atoms with Gasteiger partial charge >= 0.3 is 5.97 Å². The number of carbonyl (C=O) groups is 1. The number of imidazole rings is 1. The molecule has 5 heteroatoms. The Morgan fingerprint density at radius 1 is 1.33 bits per heavy atom. The minimum Gasteiger partial charge on any atom is -0.477 e. The number of nitrogens with one attached hydrogen (secondary N) is 1. The molecule has 94 valence electrons. The summed E-state index contributed by atoms with van der Waals surface area (Å²) in [4.78, 5) is 18.9. The summed E-state index contributed by atoms with van der Waals surface area (Å²) in [5.41, 5.74) is 1.41. The Hall–Kier alpha value is -1.75. The van der Waals surface area contributed by atoms with Crippen molar-refractivity contribution in [1.82, 2.24) is 9.97 Å². The van der Waals surface area contributed by atoms with Gasteiger partial charge in [-0.1, -0.05) is 26.0 Å². The van der Waals surface area contributed by atoms with Gasteiger partial charge in [-0.25, -0.2) is 9.78 Å². The summed E-state index contributed by atoms with van der Waals surface area (Å²) in [5, 5.41) is 9.54. The van der Waals surface area contributed by atoms with Crippen molar-refractivity contribution >= 4 is 17.7 Å². The number of hydrogen-bond acceptors (Lipinski definition) is 3. The van der Waals surface area contributed by atoms with Gasteiger partial charge < -0.3 is 10.1 Å². The lowest BCUT2D eigenvalue weighted by Crippen LogP contribution is -1.99. The largest absolute Gasteiger partial charge is 0.477 e. The number of aromatic amines is 1. The highest BCUT2D eigenvalue weighted by atomic mass is 32.2. The molecule has 0 radical (unpaired) electrons. The van der Waals surface area contributed by atoms with E-state index in [1.54, 1.807) is 11.8 Å². The van der Waals surface area contributed by atoms with Gasteiger partial charge in [0.25, 0.3) is 0 Å². The molecule has 0 aliphatic rings. The number of hydrogen-bond donors (Lipinski definition) is 2. The fourth-order valence-corrected chi connectivity index (χ4v) is 2.48. The lowest BCUT2D eigenvalue weighted by Gasteiger charge is -2.05. The van der Waals surface area contributed by atoms with Gasteiger partial charge in [0, 0.05) is 15.7 Å². The summed E-state index contributed by atoms with van der Waals surface area (Å²) < 4.78 is 0. The summed E-state index contributed by atoms with van der Waals surface area (Å²) in [6.45, 7) is 4.27. The molecular formula is C13H14N2O2S. The molecule has 18 heavy (non-hydrogen) atoms. The third kappa shape index (κ3) is 2.73. The van der Waals surface area contributed by atoms with E-state index < -0.39 is 5.97 Å². The summed E-state index contributed by atoms with van der Waals surface area (Å²) in [6.07, 6.45) is 1.40. The van der Waals surface area contributed by atoms with Gasteiger partial charge in [0.2, 0.25) is 0 Å². The predicted molar refractivity (Wildman–Crippen MR) is 72.0 cm³/mol. The molecule has 0 fully saturated rings. The van der Waals surface area contributed by atoms with E-state index in [9.17, 15) is 4.79 Å². The van der Waals surface area contributed by atoms with E-state index in [-0.39, 0.29) is 5.69 Å². The molecule has 2 aromatic rings. The molecule has 2 rings (SSSR count). The maximum Gasteiger partial charge on any atom is 0.354 e. The van der Waals surface area contributed by atoms with Gasteiger partial charge in [-0.05, 0) is 12.1 Å². The smallest absolute Gasteiger partial charge is 0.354 e.